The molecular formula is C19H21ClN4OS. The van der Waals surface area contributed by atoms with Crippen LogP contribution in [0, 0.1) is 4.77 Å². The van der Waals surface area contributed by atoms with Gasteiger partial charge in [-0.2, -0.15) is 5.10 Å². The van der Waals surface area contributed by atoms with Crippen molar-refractivity contribution < 1.29 is 4.74 Å². The summed E-state index contributed by atoms with van der Waals surface area (Å²) in [5.74, 6) is 1.71. The number of halogens is 1. The van der Waals surface area contributed by atoms with E-state index in [1.165, 1.54) is 0 Å². The third-order valence-electron chi connectivity index (χ3n) is 3.96. The minimum atomic E-state index is 0.420. The van der Waals surface area contributed by atoms with E-state index in [9.17, 15) is 0 Å². The summed E-state index contributed by atoms with van der Waals surface area (Å²) in [7, 11) is 0. The summed E-state index contributed by atoms with van der Waals surface area (Å²) in [4.78, 5) is 0. The molecule has 136 valence electrons. The number of hydrogen-bond acceptors (Lipinski definition) is 4. The molecule has 1 heterocycles. The number of aryl methyl sites for hydroxylation is 1. The molecule has 7 heteroatoms. The van der Waals surface area contributed by atoms with Crippen LogP contribution < -0.4 is 10.2 Å². The van der Waals surface area contributed by atoms with Crippen LogP contribution in [0.15, 0.2) is 48.5 Å². The maximum atomic E-state index is 6.21. The summed E-state index contributed by atoms with van der Waals surface area (Å²) in [6.45, 7) is 3.10. The van der Waals surface area contributed by atoms with E-state index in [4.69, 9.17) is 28.6 Å². The standard InChI is InChI=1S/C19H21ClN4OS/c1-2-7-18-22-23-19(26)24(18)21-12-14-8-4-6-11-17(14)25-13-15-9-3-5-10-16(15)20/h3-6,8-11,21H,2,7,12-13H2,1H3,(H,23,26). The summed E-state index contributed by atoms with van der Waals surface area (Å²) in [6, 6.07) is 15.6. The van der Waals surface area contributed by atoms with Gasteiger partial charge in [0, 0.05) is 22.6 Å². The van der Waals surface area contributed by atoms with Gasteiger partial charge in [0.05, 0.1) is 6.54 Å². The fourth-order valence-corrected chi connectivity index (χ4v) is 3.02. The number of aromatic nitrogens is 3. The Morgan fingerprint density at radius 1 is 1.15 bits per heavy atom. The van der Waals surface area contributed by atoms with Crippen molar-refractivity contribution in [2.45, 2.75) is 32.9 Å². The smallest absolute Gasteiger partial charge is 0.214 e. The lowest BCUT2D eigenvalue weighted by molar-refractivity contribution is 0.303. The zero-order valence-corrected chi connectivity index (χ0v) is 16.1. The summed E-state index contributed by atoms with van der Waals surface area (Å²) in [5, 5.41) is 7.80. The van der Waals surface area contributed by atoms with E-state index in [-0.39, 0.29) is 0 Å². The highest BCUT2D eigenvalue weighted by atomic mass is 35.5. The average Bonchev–Trinajstić information content (AvgIpc) is 3.00. The number of ether oxygens (including phenoxy) is 1. The number of nitrogens with one attached hydrogen (secondary N) is 2. The summed E-state index contributed by atoms with van der Waals surface area (Å²) in [5.41, 5.74) is 5.32. The molecule has 5 nitrogen and oxygen atoms in total. The first-order chi connectivity index (χ1) is 12.7. The van der Waals surface area contributed by atoms with E-state index >= 15 is 0 Å². The van der Waals surface area contributed by atoms with Gasteiger partial charge in [-0.05, 0) is 30.8 Å². The van der Waals surface area contributed by atoms with E-state index in [1.54, 1.807) is 0 Å². The van der Waals surface area contributed by atoms with Crippen molar-refractivity contribution in [3.63, 3.8) is 0 Å². The van der Waals surface area contributed by atoms with Gasteiger partial charge in [-0.25, -0.2) is 4.68 Å². The third kappa shape index (κ3) is 4.45. The van der Waals surface area contributed by atoms with Crippen molar-refractivity contribution in [3.05, 3.63) is 75.3 Å². The zero-order valence-electron chi connectivity index (χ0n) is 14.5. The number of para-hydroxylation sites is 1. The van der Waals surface area contributed by atoms with Gasteiger partial charge in [-0.15, -0.1) is 0 Å². The molecular weight excluding hydrogens is 368 g/mol. The van der Waals surface area contributed by atoms with Crippen LogP contribution in [-0.4, -0.2) is 14.9 Å². The summed E-state index contributed by atoms with van der Waals surface area (Å²) in [6.07, 6.45) is 1.85. The molecule has 3 rings (SSSR count). The van der Waals surface area contributed by atoms with Crippen molar-refractivity contribution in [1.29, 1.82) is 0 Å². The molecule has 0 amide bonds. The Labute approximate surface area is 162 Å². The molecule has 0 aliphatic heterocycles. The first-order valence-electron chi connectivity index (χ1n) is 8.53. The molecule has 1 aromatic heterocycles. The van der Waals surface area contributed by atoms with Crippen LogP contribution in [-0.2, 0) is 19.6 Å². The Morgan fingerprint density at radius 3 is 2.65 bits per heavy atom. The van der Waals surface area contributed by atoms with Crippen LogP contribution in [0.4, 0.5) is 0 Å². The molecule has 0 fully saturated rings. The monoisotopic (exact) mass is 388 g/mol. The van der Waals surface area contributed by atoms with Gasteiger partial charge in [-0.3, -0.25) is 5.10 Å². The number of rotatable bonds is 8. The van der Waals surface area contributed by atoms with Crippen LogP contribution >= 0.6 is 23.8 Å². The second-order valence-electron chi connectivity index (χ2n) is 5.85. The SMILES string of the molecule is CCCc1n[nH]c(=S)n1NCc1ccccc1OCc1ccccc1Cl. The van der Waals surface area contributed by atoms with Gasteiger partial charge in [0.2, 0.25) is 4.77 Å². The van der Waals surface area contributed by atoms with E-state index in [0.717, 1.165) is 35.5 Å². The van der Waals surface area contributed by atoms with Crippen LogP contribution in [0.3, 0.4) is 0 Å². The van der Waals surface area contributed by atoms with Gasteiger partial charge >= 0.3 is 0 Å². The maximum absolute atomic E-state index is 6.21. The minimum absolute atomic E-state index is 0.420. The highest BCUT2D eigenvalue weighted by molar-refractivity contribution is 7.71. The molecule has 0 spiro atoms. The third-order valence-corrected chi connectivity index (χ3v) is 4.60. The predicted octanol–water partition coefficient (Wildman–Crippen LogP) is 4.87. The Kier molecular flexibility index (Phi) is 6.30. The minimum Gasteiger partial charge on any atom is -0.488 e. The Bertz CT molecular complexity index is 922. The number of nitrogens with zero attached hydrogens (tertiary/aromatic N) is 2. The lowest BCUT2D eigenvalue weighted by atomic mass is 10.2. The zero-order chi connectivity index (χ0) is 18.4. The average molecular weight is 389 g/mol. The van der Waals surface area contributed by atoms with E-state index in [2.05, 4.69) is 22.5 Å². The normalized spacial score (nSPS) is 10.7. The fourth-order valence-electron chi connectivity index (χ4n) is 2.61. The maximum Gasteiger partial charge on any atom is 0.214 e. The van der Waals surface area contributed by atoms with Gasteiger partial charge in [0.15, 0.2) is 5.82 Å². The molecule has 0 unspecified atom stereocenters. The van der Waals surface area contributed by atoms with Crippen molar-refractivity contribution in [3.8, 4) is 5.75 Å². The van der Waals surface area contributed by atoms with Crippen molar-refractivity contribution in [2.24, 2.45) is 0 Å². The second-order valence-corrected chi connectivity index (χ2v) is 6.65. The quantitative estimate of drug-likeness (QED) is 0.540. The Hall–Kier alpha value is -2.31. The number of H-pyrrole nitrogens is 1. The van der Waals surface area contributed by atoms with Crippen LogP contribution in [0.2, 0.25) is 5.02 Å². The lowest BCUT2D eigenvalue weighted by Crippen LogP contribution is -2.18. The van der Waals surface area contributed by atoms with Crippen LogP contribution in [0.25, 0.3) is 0 Å². The van der Waals surface area contributed by atoms with Crippen molar-refractivity contribution >= 4 is 23.8 Å². The van der Waals surface area contributed by atoms with E-state index in [1.807, 2.05) is 53.2 Å². The molecule has 2 N–H and O–H groups in total. The topological polar surface area (TPSA) is 54.9 Å². The van der Waals surface area contributed by atoms with E-state index < -0.39 is 0 Å². The molecule has 0 radical (unpaired) electrons. The highest BCUT2D eigenvalue weighted by Crippen LogP contribution is 2.22. The molecule has 26 heavy (non-hydrogen) atoms. The summed E-state index contributed by atoms with van der Waals surface area (Å²) < 4.78 is 8.38. The second kappa shape index (κ2) is 8.87. The van der Waals surface area contributed by atoms with Crippen LogP contribution in [0.5, 0.6) is 5.75 Å². The molecule has 0 saturated heterocycles. The van der Waals surface area contributed by atoms with Gasteiger partial charge < -0.3 is 10.2 Å². The molecule has 2 aromatic carbocycles. The molecule has 3 aromatic rings. The molecule has 0 aliphatic carbocycles. The predicted molar refractivity (Wildman–Crippen MR) is 107 cm³/mol. The molecule has 0 atom stereocenters. The van der Waals surface area contributed by atoms with Gasteiger partial charge in [0.1, 0.15) is 12.4 Å². The van der Waals surface area contributed by atoms with Crippen LogP contribution in [0.1, 0.15) is 30.3 Å². The highest BCUT2D eigenvalue weighted by Gasteiger charge is 2.08. The van der Waals surface area contributed by atoms with Gasteiger partial charge in [0.25, 0.3) is 0 Å². The number of aromatic amines is 1. The van der Waals surface area contributed by atoms with Crippen molar-refractivity contribution in [2.75, 3.05) is 5.43 Å². The summed E-state index contributed by atoms with van der Waals surface area (Å²) >= 11 is 11.5. The van der Waals surface area contributed by atoms with E-state index in [0.29, 0.717) is 22.9 Å². The largest absolute Gasteiger partial charge is 0.488 e. The number of benzene rings is 2. The lowest BCUT2D eigenvalue weighted by Gasteiger charge is -2.14. The van der Waals surface area contributed by atoms with Crippen molar-refractivity contribution in [1.82, 2.24) is 14.9 Å². The first-order valence-corrected chi connectivity index (χ1v) is 9.32. The molecule has 0 bridgehead atoms. The fraction of sp³-hybridized carbons (Fsp3) is 0.263. The Balaban J connectivity index is 1.71. The number of hydrogen-bond donors (Lipinski definition) is 2. The molecule has 0 saturated carbocycles. The first kappa shape index (κ1) is 18.5. The van der Waals surface area contributed by atoms with Gasteiger partial charge in [-0.1, -0.05) is 54.9 Å². The Morgan fingerprint density at radius 2 is 1.88 bits per heavy atom. The molecule has 0 aliphatic rings.